The minimum atomic E-state index is 0.982. The molecule has 0 spiro atoms. The van der Waals surface area contributed by atoms with Crippen LogP contribution in [0, 0.1) is 6.92 Å². The van der Waals surface area contributed by atoms with Crippen LogP contribution in [0.3, 0.4) is 0 Å². The first-order valence-corrected chi connectivity index (χ1v) is 7.46. The van der Waals surface area contributed by atoms with E-state index in [0.717, 1.165) is 27.4 Å². The normalized spacial score (nSPS) is 14.8. The third kappa shape index (κ3) is 2.37. The lowest BCUT2D eigenvalue weighted by Gasteiger charge is -2.31. The van der Waals surface area contributed by atoms with Crippen LogP contribution in [-0.2, 0) is 0 Å². The van der Waals surface area contributed by atoms with E-state index >= 15 is 0 Å². The zero-order valence-corrected chi connectivity index (χ0v) is 14.4. The van der Waals surface area contributed by atoms with Crippen molar-refractivity contribution in [3.8, 4) is 0 Å². The van der Waals surface area contributed by atoms with Crippen molar-refractivity contribution in [2.24, 2.45) is 0 Å². The summed E-state index contributed by atoms with van der Waals surface area (Å²) in [6, 6.07) is 0. The van der Waals surface area contributed by atoms with E-state index < -0.39 is 0 Å². The Morgan fingerprint density at radius 2 is 1.68 bits per heavy atom. The molecule has 1 nitrogen and oxygen atoms in total. The molecule has 1 heterocycles. The van der Waals surface area contributed by atoms with Gasteiger partial charge >= 0.3 is 0 Å². The van der Waals surface area contributed by atoms with E-state index in [1.165, 1.54) is 27.8 Å². The van der Waals surface area contributed by atoms with Gasteiger partial charge in [-0.25, -0.2) is 0 Å². The van der Waals surface area contributed by atoms with Gasteiger partial charge in [-0.15, -0.1) is 0 Å². The van der Waals surface area contributed by atoms with Crippen LogP contribution < -0.4 is 15.3 Å². The predicted molar refractivity (Wildman–Crippen MR) is 101 cm³/mol. The third-order valence-corrected chi connectivity index (χ3v) is 4.35. The van der Waals surface area contributed by atoms with Gasteiger partial charge < -0.3 is 4.90 Å². The van der Waals surface area contributed by atoms with E-state index in [1.807, 2.05) is 14.0 Å². The highest BCUT2D eigenvalue weighted by Crippen LogP contribution is 2.31. The molecule has 0 amide bonds. The zero-order chi connectivity index (χ0) is 16.8. The Hall–Kier alpha value is -2.28. The molecule has 0 fully saturated rings. The predicted octanol–water partition coefficient (Wildman–Crippen LogP) is 4.16. The second-order valence-electron chi connectivity index (χ2n) is 6.23. The van der Waals surface area contributed by atoms with Gasteiger partial charge in [0.2, 0.25) is 0 Å². The average molecular weight is 291 g/mol. The molecular formula is C21H25N. The van der Waals surface area contributed by atoms with E-state index in [9.17, 15) is 0 Å². The van der Waals surface area contributed by atoms with Crippen LogP contribution in [0.2, 0.25) is 0 Å². The molecule has 1 heteroatoms. The smallest absolute Gasteiger partial charge is 0.0560 e. The Morgan fingerprint density at radius 3 is 2.23 bits per heavy atom. The van der Waals surface area contributed by atoms with Crippen LogP contribution >= 0.6 is 0 Å². The van der Waals surface area contributed by atoms with Gasteiger partial charge in [0, 0.05) is 18.3 Å². The van der Waals surface area contributed by atoms with E-state index in [1.54, 1.807) is 0 Å². The number of allylic oxidation sites excluding steroid dienone is 5. The maximum absolute atomic E-state index is 4.38. The average Bonchev–Trinajstić information content (AvgIpc) is 2.39. The lowest BCUT2D eigenvalue weighted by Crippen LogP contribution is -2.33. The van der Waals surface area contributed by atoms with Gasteiger partial charge in [0.1, 0.15) is 0 Å². The molecule has 0 aliphatic carbocycles. The Labute approximate surface area is 134 Å². The minimum Gasteiger partial charge on any atom is -0.344 e. The molecule has 22 heavy (non-hydrogen) atoms. The summed E-state index contributed by atoms with van der Waals surface area (Å²) >= 11 is 0. The number of anilines is 1. The fraction of sp³-hybridized carbons (Fsp3) is 0.238. The second kappa shape index (κ2) is 5.49. The molecule has 1 aliphatic rings. The van der Waals surface area contributed by atoms with Crippen molar-refractivity contribution in [3.05, 3.63) is 63.7 Å². The SMILES string of the molecule is C=C(C)/C=C(/C)c1c(C)c(=C)c2c(c1=C)C(C)=CC(=C)N2C. The van der Waals surface area contributed by atoms with Crippen molar-refractivity contribution in [2.75, 3.05) is 11.9 Å². The van der Waals surface area contributed by atoms with Crippen molar-refractivity contribution < 1.29 is 0 Å². The maximum atomic E-state index is 4.38. The fourth-order valence-corrected chi connectivity index (χ4v) is 3.31. The number of likely N-dealkylation sites (N-methyl/N-ethyl adjacent to an activating group) is 1. The topological polar surface area (TPSA) is 3.24 Å². The molecule has 0 saturated heterocycles. The first-order valence-electron chi connectivity index (χ1n) is 7.46. The monoisotopic (exact) mass is 291 g/mol. The number of nitrogens with zero attached hydrogens (tertiary/aromatic N) is 1. The largest absolute Gasteiger partial charge is 0.344 e. The summed E-state index contributed by atoms with van der Waals surface area (Å²) in [4.78, 5) is 2.11. The van der Waals surface area contributed by atoms with Crippen LogP contribution in [0.15, 0.2) is 36.6 Å². The molecule has 0 saturated carbocycles. The molecular weight excluding hydrogens is 266 g/mol. The van der Waals surface area contributed by atoms with Crippen molar-refractivity contribution >= 4 is 30.0 Å². The molecule has 1 aromatic rings. The highest BCUT2D eigenvalue weighted by atomic mass is 15.1. The van der Waals surface area contributed by atoms with Gasteiger partial charge in [0.15, 0.2) is 0 Å². The van der Waals surface area contributed by atoms with Gasteiger partial charge in [-0.2, -0.15) is 0 Å². The highest BCUT2D eigenvalue weighted by Gasteiger charge is 2.21. The molecule has 0 aromatic heterocycles. The molecule has 0 radical (unpaired) electrons. The number of hydrogen-bond donors (Lipinski definition) is 0. The first kappa shape index (κ1) is 16.1. The number of rotatable bonds is 2. The van der Waals surface area contributed by atoms with Gasteiger partial charge in [-0.05, 0) is 66.5 Å². The summed E-state index contributed by atoms with van der Waals surface area (Å²) in [5.41, 5.74) is 9.05. The summed E-state index contributed by atoms with van der Waals surface area (Å²) in [5, 5.41) is 2.10. The van der Waals surface area contributed by atoms with Crippen LogP contribution in [0.25, 0.3) is 24.3 Å². The Morgan fingerprint density at radius 1 is 1.09 bits per heavy atom. The van der Waals surface area contributed by atoms with Gasteiger partial charge in [-0.3, -0.25) is 0 Å². The third-order valence-electron chi connectivity index (χ3n) is 4.35. The van der Waals surface area contributed by atoms with Crippen LogP contribution in [0.1, 0.15) is 37.5 Å². The van der Waals surface area contributed by atoms with Gasteiger partial charge in [0.05, 0.1) is 5.69 Å². The number of benzene rings is 1. The van der Waals surface area contributed by atoms with Crippen molar-refractivity contribution in [1.29, 1.82) is 0 Å². The lowest BCUT2D eigenvalue weighted by molar-refractivity contribution is 1.09. The minimum absolute atomic E-state index is 0.982. The first-order chi connectivity index (χ1) is 10.2. The maximum Gasteiger partial charge on any atom is 0.0560 e. The molecule has 114 valence electrons. The van der Waals surface area contributed by atoms with Gasteiger partial charge in [-0.1, -0.05) is 38.0 Å². The molecule has 0 atom stereocenters. The van der Waals surface area contributed by atoms with Crippen LogP contribution in [0.5, 0.6) is 0 Å². The summed E-state index contributed by atoms with van der Waals surface area (Å²) in [7, 11) is 2.04. The Balaban J connectivity index is 2.95. The molecule has 0 unspecified atom stereocenters. The molecule has 1 aliphatic heterocycles. The molecule has 0 N–H and O–H groups in total. The van der Waals surface area contributed by atoms with E-state index in [0.29, 0.717) is 0 Å². The molecule has 0 bridgehead atoms. The van der Waals surface area contributed by atoms with E-state index in [4.69, 9.17) is 0 Å². The fourth-order valence-electron chi connectivity index (χ4n) is 3.31. The Bertz CT molecular complexity index is 847. The quantitative estimate of drug-likeness (QED) is 0.740. The van der Waals surface area contributed by atoms with Crippen molar-refractivity contribution in [1.82, 2.24) is 0 Å². The Kier molecular flexibility index (Phi) is 4.02. The van der Waals surface area contributed by atoms with Crippen LogP contribution in [0.4, 0.5) is 5.69 Å². The summed E-state index contributed by atoms with van der Waals surface area (Å²) < 4.78 is 0. The number of fused-ring (bicyclic) bond motifs is 1. The molecule has 1 aromatic carbocycles. The van der Waals surface area contributed by atoms with Crippen molar-refractivity contribution in [2.45, 2.75) is 27.7 Å². The van der Waals surface area contributed by atoms with Crippen molar-refractivity contribution in [3.63, 3.8) is 0 Å². The summed E-state index contributed by atoms with van der Waals surface area (Å²) in [5.74, 6) is 0. The zero-order valence-electron chi connectivity index (χ0n) is 14.4. The molecule has 2 rings (SSSR count). The van der Waals surface area contributed by atoms with Crippen LogP contribution in [-0.4, -0.2) is 7.05 Å². The second-order valence-corrected chi connectivity index (χ2v) is 6.23. The summed E-state index contributed by atoms with van der Waals surface area (Å²) in [6.45, 7) is 25.2. The number of hydrogen-bond acceptors (Lipinski definition) is 1. The van der Waals surface area contributed by atoms with Gasteiger partial charge in [0.25, 0.3) is 0 Å². The summed E-state index contributed by atoms with van der Waals surface area (Å²) in [6.07, 6.45) is 4.21. The van der Waals surface area contributed by atoms with E-state index in [2.05, 4.69) is 64.1 Å². The lowest BCUT2D eigenvalue weighted by atomic mass is 9.87. The standard InChI is InChI=1S/C21H25N/c1-12(2)10-13(3)19-16(6)17(7)21-20(18(19)8)14(4)11-15(5)22(21)9/h10-11H,1,5,7-8H2,2-4,6,9H3/b13-10-. The van der Waals surface area contributed by atoms with E-state index in [-0.39, 0.29) is 0 Å². The highest BCUT2D eigenvalue weighted by molar-refractivity contribution is 5.87.